The molecule has 6 nitrogen and oxygen atoms in total. The molecule has 0 spiro atoms. The smallest absolute Gasteiger partial charge is 0.339 e. The lowest BCUT2D eigenvalue weighted by atomic mass is 9.90. The molecule has 1 fully saturated rings. The van der Waals surface area contributed by atoms with Gasteiger partial charge < -0.3 is 15.4 Å². The van der Waals surface area contributed by atoms with E-state index in [0.29, 0.717) is 18.5 Å². The Morgan fingerprint density at radius 2 is 1.58 bits per heavy atom. The highest BCUT2D eigenvalue weighted by molar-refractivity contribution is 5.95. The van der Waals surface area contributed by atoms with Gasteiger partial charge in [-0.2, -0.15) is 0 Å². The van der Waals surface area contributed by atoms with Gasteiger partial charge in [-0.05, 0) is 81.7 Å². The van der Waals surface area contributed by atoms with E-state index in [1.54, 1.807) is 0 Å². The van der Waals surface area contributed by atoms with Crippen LogP contribution in [0.2, 0.25) is 0 Å². The molecule has 0 aromatic heterocycles. The number of benzene rings is 1. The number of ether oxygens (including phenoxy) is 1. The average Bonchev–Trinajstić information content (AvgIpc) is 2.81. The summed E-state index contributed by atoms with van der Waals surface area (Å²) >= 11 is 0. The van der Waals surface area contributed by atoms with Crippen molar-refractivity contribution in [1.82, 2.24) is 10.6 Å². The third-order valence-corrected chi connectivity index (χ3v) is 5.41. The second-order valence-electron chi connectivity index (χ2n) is 6.98. The standard InChI is InChI=1S/C20H28N2O4/c1-11-12(2)14(4)18(15(5)13(11)3)20(25)26-10-17(23)22-16-8-6-7-9-21-19(16)24/h16H,6-10H2,1-5H3,(H,21,24)(H,22,23). The second-order valence-corrected chi connectivity index (χ2v) is 6.98. The highest BCUT2D eigenvalue weighted by Crippen LogP contribution is 2.26. The third kappa shape index (κ3) is 4.23. The minimum absolute atomic E-state index is 0.182. The molecule has 0 saturated carbocycles. The largest absolute Gasteiger partial charge is 0.452 e. The lowest BCUT2D eigenvalue weighted by Gasteiger charge is -2.18. The number of hydrogen-bond acceptors (Lipinski definition) is 4. The summed E-state index contributed by atoms with van der Waals surface area (Å²) in [7, 11) is 0. The Hall–Kier alpha value is -2.37. The predicted octanol–water partition coefficient (Wildman–Crippen LogP) is 2.17. The molecule has 1 heterocycles. The van der Waals surface area contributed by atoms with Crippen molar-refractivity contribution in [1.29, 1.82) is 0 Å². The first-order valence-corrected chi connectivity index (χ1v) is 9.05. The van der Waals surface area contributed by atoms with Gasteiger partial charge in [-0.3, -0.25) is 9.59 Å². The number of amides is 2. The van der Waals surface area contributed by atoms with Crippen LogP contribution in [-0.4, -0.2) is 37.0 Å². The van der Waals surface area contributed by atoms with Gasteiger partial charge in [0, 0.05) is 6.54 Å². The van der Waals surface area contributed by atoms with Gasteiger partial charge in [0.25, 0.3) is 5.91 Å². The molecule has 1 unspecified atom stereocenters. The average molecular weight is 360 g/mol. The third-order valence-electron chi connectivity index (χ3n) is 5.41. The minimum Gasteiger partial charge on any atom is -0.452 e. The van der Waals surface area contributed by atoms with Crippen LogP contribution in [-0.2, 0) is 14.3 Å². The van der Waals surface area contributed by atoms with Gasteiger partial charge in [0.05, 0.1) is 5.56 Å². The first-order valence-electron chi connectivity index (χ1n) is 9.05. The molecule has 1 aliphatic rings. The molecule has 1 aromatic carbocycles. The fraction of sp³-hybridized carbons (Fsp3) is 0.550. The van der Waals surface area contributed by atoms with Gasteiger partial charge >= 0.3 is 5.97 Å². The normalized spacial score (nSPS) is 17.3. The van der Waals surface area contributed by atoms with Gasteiger partial charge in [-0.15, -0.1) is 0 Å². The fourth-order valence-corrected chi connectivity index (χ4v) is 3.32. The summed E-state index contributed by atoms with van der Waals surface area (Å²) in [6.07, 6.45) is 2.36. The van der Waals surface area contributed by atoms with Crippen molar-refractivity contribution >= 4 is 17.8 Å². The number of hydrogen-bond donors (Lipinski definition) is 2. The number of nitrogens with one attached hydrogen (secondary N) is 2. The van der Waals surface area contributed by atoms with Gasteiger partial charge in [0.1, 0.15) is 6.04 Å². The second kappa shape index (κ2) is 8.34. The molecule has 2 N–H and O–H groups in total. The highest BCUT2D eigenvalue weighted by atomic mass is 16.5. The molecule has 1 saturated heterocycles. The van der Waals surface area contributed by atoms with E-state index in [0.717, 1.165) is 40.7 Å². The van der Waals surface area contributed by atoms with Gasteiger partial charge in [-0.1, -0.05) is 0 Å². The van der Waals surface area contributed by atoms with E-state index >= 15 is 0 Å². The van der Waals surface area contributed by atoms with Gasteiger partial charge in [-0.25, -0.2) is 4.79 Å². The van der Waals surface area contributed by atoms with Crippen LogP contribution in [0.5, 0.6) is 0 Å². The summed E-state index contributed by atoms with van der Waals surface area (Å²) < 4.78 is 5.23. The molecule has 1 aliphatic heterocycles. The van der Waals surface area contributed by atoms with Crippen molar-refractivity contribution in [3.8, 4) is 0 Å². The Balaban J connectivity index is 2.03. The summed E-state index contributed by atoms with van der Waals surface area (Å²) in [5, 5.41) is 5.41. The summed E-state index contributed by atoms with van der Waals surface area (Å²) in [5.74, 6) is -1.15. The van der Waals surface area contributed by atoms with Crippen LogP contribution in [0, 0.1) is 34.6 Å². The zero-order valence-electron chi connectivity index (χ0n) is 16.2. The molecular weight excluding hydrogens is 332 g/mol. The van der Waals surface area contributed by atoms with Gasteiger partial charge in [0.15, 0.2) is 6.61 Å². The molecule has 2 amide bonds. The van der Waals surface area contributed by atoms with Crippen molar-refractivity contribution in [2.24, 2.45) is 0 Å². The first kappa shape index (κ1) is 19.9. The Kier molecular flexibility index (Phi) is 6.40. The quantitative estimate of drug-likeness (QED) is 0.806. The number of carbonyl (C=O) groups excluding carboxylic acids is 3. The van der Waals surface area contributed by atoms with Crippen molar-refractivity contribution in [2.75, 3.05) is 13.2 Å². The van der Waals surface area contributed by atoms with Crippen LogP contribution in [0.4, 0.5) is 0 Å². The number of carbonyl (C=O) groups is 3. The van der Waals surface area contributed by atoms with E-state index < -0.39 is 24.5 Å². The molecule has 6 heteroatoms. The van der Waals surface area contributed by atoms with Crippen LogP contribution >= 0.6 is 0 Å². The van der Waals surface area contributed by atoms with E-state index in [1.165, 1.54) is 0 Å². The van der Waals surface area contributed by atoms with Crippen molar-refractivity contribution in [2.45, 2.75) is 59.9 Å². The Morgan fingerprint density at radius 1 is 1.00 bits per heavy atom. The van der Waals surface area contributed by atoms with E-state index in [2.05, 4.69) is 10.6 Å². The molecule has 142 valence electrons. The SMILES string of the molecule is Cc1c(C)c(C)c(C(=O)OCC(=O)NC2CCCCNC2=O)c(C)c1C. The lowest BCUT2D eigenvalue weighted by Crippen LogP contribution is -2.46. The lowest BCUT2D eigenvalue weighted by molar-refractivity contribution is -0.130. The Bertz CT molecular complexity index is 711. The zero-order chi connectivity index (χ0) is 19.4. The van der Waals surface area contributed by atoms with Crippen LogP contribution < -0.4 is 10.6 Å². The molecule has 1 aromatic rings. The first-order chi connectivity index (χ1) is 12.2. The van der Waals surface area contributed by atoms with Crippen LogP contribution in [0.25, 0.3) is 0 Å². The van der Waals surface area contributed by atoms with E-state index in [1.807, 2.05) is 34.6 Å². The summed E-state index contributed by atoms with van der Waals surface area (Å²) in [4.78, 5) is 36.5. The van der Waals surface area contributed by atoms with E-state index in [9.17, 15) is 14.4 Å². The number of esters is 1. The molecular formula is C20H28N2O4. The molecule has 0 bridgehead atoms. The van der Waals surface area contributed by atoms with Crippen molar-refractivity contribution in [3.63, 3.8) is 0 Å². The molecule has 1 atom stereocenters. The van der Waals surface area contributed by atoms with Crippen molar-refractivity contribution in [3.05, 3.63) is 33.4 Å². The van der Waals surface area contributed by atoms with Crippen LogP contribution in [0.3, 0.4) is 0 Å². The van der Waals surface area contributed by atoms with E-state index in [4.69, 9.17) is 4.74 Å². The Labute approximate surface area is 154 Å². The molecule has 0 aliphatic carbocycles. The van der Waals surface area contributed by atoms with Gasteiger partial charge in [0.2, 0.25) is 5.91 Å². The molecule has 2 rings (SSSR count). The zero-order valence-corrected chi connectivity index (χ0v) is 16.2. The maximum Gasteiger partial charge on any atom is 0.339 e. The molecule has 0 radical (unpaired) electrons. The monoisotopic (exact) mass is 360 g/mol. The maximum atomic E-state index is 12.5. The summed E-state index contributed by atoms with van der Waals surface area (Å²) in [6, 6.07) is -0.559. The highest BCUT2D eigenvalue weighted by Gasteiger charge is 2.24. The summed E-state index contributed by atoms with van der Waals surface area (Å²) in [5.41, 5.74) is 5.54. The fourth-order valence-electron chi connectivity index (χ4n) is 3.32. The minimum atomic E-state index is -0.559. The molecule has 26 heavy (non-hydrogen) atoms. The van der Waals surface area contributed by atoms with Crippen LogP contribution in [0.15, 0.2) is 0 Å². The van der Waals surface area contributed by atoms with Crippen molar-refractivity contribution < 1.29 is 19.1 Å². The topological polar surface area (TPSA) is 84.5 Å². The summed E-state index contributed by atoms with van der Waals surface area (Å²) in [6.45, 7) is 10.0. The maximum absolute atomic E-state index is 12.5. The predicted molar refractivity (Wildman–Crippen MR) is 99.2 cm³/mol. The number of rotatable bonds is 4. The Morgan fingerprint density at radius 3 is 2.19 bits per heavy atom. The van der Waals surface area contributed by atoms with E-state index in [-0.39, 0.29) is 5.91 Å². The van der Waals surface area contributed by atoms with Crippen LogP contribution in [0.1, 0.15) is 57.4 Å².